The molecule has 25 heavy (non-hydrogen) atoms. The number of hydrogen-bond acceptors (Lipinski definition) is 4. The van der Waals surface area contributed by atoms with Gasteiger partial charge in [-0.25, -0.2) is 0 Å². The summed E-state index contributed by atoms with van der Waals surface area (Å²) in [7, 11) is 0. The Kier molecular flexibility index (Phi) is 4.84. The van der Waals surface area contributed by atoms with E-state index in [2.05, 4.69) is 0 Å². The Bertz CT molecular complexity index is 900. The summed E-state index contributed by atoms with van der Waals surface area (Å²) < 4.78 is 10.9. The van der Waals surface area contributed by atoms with Crippen LogP contribution in [-0.2, 0) is 4.79 Å². The molecule has 2 aromatic rings. The van der Waals surface area contributed by atoms with Crippen molar-refractivity contribution in [3.05, 3.63) is 63.3 Å². The average Bonchev–Trinajstić information content (AvgIpc) is 2.86. The Labute approximate surface area is 155 Å². The van der Waals surface area contributed by atoms with Crippen LogP contribution < -0.4 is 9.47 Å². The van der Waals surface area contributed by atoms with Gasteiger partial charge in [0.2, 0.25) is 5.78 Å². The van der Waals surface area contributed by atoms with E-state index >= 15 is 0 Å². The summed E-state index contributed by atoms with van der Waals surface area (Å²) in [6.45, 7) is 3.49. The van der Waals surface area contributed by atoms with E-state index in [0.29, 0.717) is 32.7 Å². The largest absolute Gasteiger partial charge is 0.452 e. The van der Waals surface area contributed by atoms with Crippen molar-refractivity contribution in [1.82, 2.24) is 0 Å². The zero-order valence-corrected chi connectivity index (χ0v) is 15.0. The number of ketones is 1. The molecule has 0 spiro atoms. The van der Waals surface area contributed by atoms with Crippen LogP contribution in [0.2, 0.25) is 10.0 Å². The minimum atomic E-state index is -0.351. The maximum atomic E-state index is 12.4. The predicted molar refractivity (Wildman–Crippen MR) is 96.3 cm³/mol. The second kappa shape index (κ2) is 6.90. The molecule has 1 aliphatic rings. The van der Waals surface area contributed by atoms with Crippen LogP contribution in [0.3, 0.4) is 0 Å². The fourth-order valence-electron chi connectivity index (χ4n) is 2.22. The fraction of sp³-hybridized carbons (Fsp3) is 0.158. The van der Waals surface area contributed by atoms with Gasteiger partial charge in [-0.05, 0) is 35.9 Å². The number of allylic oxidation sites excluding steroid dienone is 1. The molecule has 0 unspecified atom stereocenters. The van der Waals surface area contributed by atoms with E-state index in [-0.39, 0.29) is 23.4 Å². The molecule has 1 aliphatic heterocycles. The normalized spacial score (nSPS) is 14.6. The maximum Gasteiger partial charge on any atom is 0.313 e. The highest BCUT2D eigenvalue weighted by atomic mass is 35.5. The standard InChI is InChI=1S/C19H14Cl2O4/c1-10(2)19(23)24-12-4-5-13-16(9-12)25-17(18(13)22)8-11-3-6-14(20)15(21)7-11/h3-10H,1-2H3. The number of ether oxygens (including phenoxy) is 2. The molecule has 6 heteroatoms. The van der Waals surface area contributed by atoms with Gasteiger partial charge in [0.25, 0.3) is 0 Å². The molecule has 0 aliphatic carbocycles. The van der Waals surface area contributed by atoms with E-state index in [1.165, 1.54) is 6.07 Å². The van der Waals surface area contributed by atoms with Crippen molar-refractivity contribution in [2.45, 2.75) is 13.8 Å². The zero-order valence-electron chi connectivity index (χ0n) is 13.5. The van der Waals surface area contributed by atoms with Crippen molar-refractivity contribution >= 4 is 41.0 Å². The molecule has 0 saturated heterocycles. The first kappa shape index (κ1) is 17.5. The average molecular weight is 377 g/mol. The van der Waals surface area contributed by atoms with Crippen LogP contribution in [0.25, 0.3) is 6.08 Å². The van der Waals surface area contributed by atoms with Crippen molar-refractivity contribution in [3.63, 3.8) is 0 Å². The molecule has 0 saturated carbocycles. The number of fused-ring (bicyclic) bond motifs is 1. The summed E-state index contributed by atoms with van der Waals surface area (Å²) in [4.78, 5) is 24.1. The fourth-order valence-corrected chi connectivity index (χ4v) is 2.52. The molecule has 3 rings (SSSR count). The van der Waals surface area contributed by atoms with Gasteiger partial charge in [0.15, 0.2) is 5.76 Å². The molecule has 0 N–H and O–H groups in total. The van der Waals surface area contributed by atoms with Crippen molar-refractivity contribution in [2.24, 2.45) is 5.92 Å². The quantitative estimate of drug-likeness (QED) is 0.421. The van der Waals surface area contributed by atoms with E-state index in [0.717, 1.165) is 0 Å². The van der Waals surface area contributed by atoms with Gasteiger partial charge in [-0.3, -0.25) is 9.59 Å². The monoisotopic (exact) mass is 376 g/mol. The van der Waals surface area contributed by atoms with Gasteiger partial charge in [-0.2, -0.15) is 0 Å². The Morgan fingerprint density at radius 2 is 1.88 bits per heavy atom. The third kappa shape index (κ3) is 3.70. The van der Waals surface area contributed by atoms with E-state index in [1.807, 2.05) is 0 Å². The maximum absolute atomic E-state index is 12.4. The van der Waals surface area contributed by atoms with Crippen LogP contribution in [0.1, 0.15) is 29.8 Å². The highest BCUT2D eigenvalue weighted by Gasteiger charge is 2.28. The molecule has 0 atom stereocenters. The third-order valence-corrected chi connectivity index (χ3v) is 4.31. The Morgan fingerprint density at radius 1 is 1.12 bits per heavy atom. The first-order valence-electron chi connectivity index (χ1n) is 7.60. The van der Waals surface area contributed by atoms with Crippen LogP contribution in [0.5, 0.6) is 11.5 Å². The van der Waals surface area contributed by atoms with E-state index in [1.54, 1.807) is 50.3 Å². The van der Waals surface area contributed by atoms with Gasteiger partial charge in [0.1, 0.15) is 11.5 Å². The van der Waals surface area contributed by atoms with E-state index in [4.69, 9.17) is 32.7 Å². The van der Waals surface area contributed by atoms with Gasteiger partial charge in [0, 0.05) is 6.07 Å². The van der Waals surface area contributed by atoms with Crippen molar-refractivity contribution in [2.75, 3.05) is 0 Å². The predicted octanol–water partition coefficient (Wildman–Crippen LogP) is 5.17. The second-order valence-electron chi connectivity index (χ2n) is 5.85. The number of carbonyl (C=O) groups is 2. The highest BCUT2D eigenvalue weighted by Crippen LogP contribution is 2.35. The number of halogens is 2. The van der Waals surface area contributed by atoms with Gasteiger partial charge in [0.05, 0.1) is 21.5 Å². The van der Waals surface area contributed by atoms with Crippen molar-refractivity contribution in [1.29, 1.82) is 0 Å². The van der Waals surface area contributed by atoms with Gasteiger partial charge in [-0.1, -0.05) is 43.1 Å². The van der Waals surface area contributed by atoms with Crippen LogP contribution in [0.15, 0.2) is 42.2 Å². The smallest absolute Gasteiger partial charge is 0.313 e. The lowest BCUT2D eigenvalue weighted by Crippen LogP contribution is -2.14. The molecule has 0 fully saturated rings. The zero-order chi connectivity index (χ0) is 18.1. The van der Waals surface area contributed by atoms with Gasteiger partial charge in [-0.15, -0.1) is 0 Å². The molecule has 0 aromatic heterocycles. The number of hydrogen-bond donors (Lipinski definition) is 0. The topological polar surface area (TPSA) is 52.6 Å². The Morgan fingerprint density at radius 3 is 2.56 bits per heavy atom. The van der Waals surface area contributed by atoms with Crippen LogP contribution in [0.4, 0.5) is 0 Å². The number of Topliss-reactive ketones (excluding diaryl/α,β-unsaturated/α-hetero) is 1. The molecule has 0 radical (unpaired) electrons. The summed E-state index contributed by atoms with van der Waals surface area (Å²) in [5.41, 5.74) is 1.10. The number of benzene rings is 2. The molecule has 0 amide bonds. The van der Waals surface area contributed by atoms with Gasteiger partial charge >= 0.3 is 5.97 Å². The van der Waals surface area contributed by atoms with Crippen LogP contribution >= 0.6 is 23.2 Å². The number of carbonyl (C=O) groups excluding carboxylic acids is 2. The lowest BCUT2D eigenvalue weighted by Gasteiger charge is -2.07. The highest BCUT2D eigenvalue weighted by molar-refractivity contribution is 6.42. The second-order valence-corrected chi connectivity index (χ2v) is 6.66. The minimum absolute atomic E-state index is 0.167. The van der Waals surface area contributed by atoms with Crippen molar-refractivity contribution < 1.29 is 19.1 Å². The molecule has 4 nitrogen and oxygen atoms in total. The SMILES string of the molecule is CC(C)C(=O)Oc1ccc2c(c1)OC(=Cc1ccc(Cl)c(Cl)c1)C2=O. The van der Waals surface area contributed by atoms with Crippen molar-refractivity contribution in [3.8, 4) is 11.5 Å². The van der Waals surface area contributed by atoms with E-state index in [9.17, 15) is 9.59 Å². The van der Waals surface area contributed by atoms with Crippen LogP contribution in [0, 0.1) is 5.92 Å². The first-order chi connectivity index (χ1) is 11.8. The molecular formula is C19H14Cl2O4. The molecule has 0 bridgehead atoms. The molecule has 1 heterocycles. The summed E-state index contributed by atoms with van der Waals surface area (Å²) in [5, 5.41) is 0.823. The van der Waals surface area contributed by atoms with Gasteiger partial charge < -0.3 is 9.47 Å². The lowest BCUT2D eigenvalue weighted by atomic mass is 10.1. The third-order valence-electron chi connectivity index (χ3n) is 3.57. The first-order valence-corrected chi connectivity index (χ1v) is 8.36. The van der Waals surface area contributed by atoms with E-state index < -0.39 is 0 Å². The molecule has 128 valence electrons. The number of rotatable bonds is 3. The Hall–Kier alpha value is -2.30. The summed E-state index contributed by atoms with van der Waals surface area (Å²) in [6, 6.07) is 9.71. The number of esters is 1. The summed E-state index contributed by atoms with van der Waals surface area (Å²) >= 11 is 11.9. The Balaban J connectivity index is 1.86. The lowest BCUT2D eigenvalue weighted by molar-refractivity contribution is -0.137. The minimum Gasteiger partial charge on any atom is -0.452 e. The summed E-state index contributed by atoms with van der Waals surface area (Å²) in [5.74, 6) is 0.00620. The molecular weight excluding hydrogens is 363 g/mol. The molecule has 2 aromatic carbocycles. The summed E-state index contributed by atoms with van der Waals surface area (Å²) in [6.07, 6.45) is 1.59. The van der Waals surface area contributed by atoms with Crippen LogP contribution in [-0.4, -0.2) is 11.8 Å².